The Hall–Kier alpha value is -4.90. The predicted octanol–water partition coefficient (Wildman–Crippen LogP) is 5.98. The molecule has 0 radical (unpaired) electrons. The van der Waals surface area contributed by atoms with Crippen molar-refractivity contribution in [2.24, 2.45) is 24.6 Å². The largest absolute Gasteiger partial charge is 0.494 e. The SMILES string of the molecule is COc1cc(C(=O)N2C[C@H]3CC[C@@H]2[C@@H]3N)cc2nc(-c3cc4cccc(C5CCN(C(=O)Nc6cccnc6)CC5)c4n3CC3CC3)n(C)c12. The van der Waals surface area contributed by atoms with Gasteiger partial charge in [0.25, 0.3) is 5.91 Å². The standard InChI is InChI=1S/C39H44N8O3/c1-44-36-30(17-27(19-33(36)50-2)38(48)47-22-26-10-11-31(47)34(26)40)43-37(44)32-18-25-5-3-7-29(35(25)46(32)21-23-8-9-23)24-12-15-45(16-13-24)39(49)42-28-6-4-14-41-20-28/h3-7,14,17-20,23-24,26,31,34H,8-13,15-16,21-22,40H2,1-2H3,(H,42,49)/t26-,31-,34-/m1/s1. The Morgan fingerprint density at radius 2 is 1.84 bits per heavy atom. The fraction of sp³-hybridized carbons (Fsp3) is 0.436. The summed E-state index contributed by atoms with van der Waals surface area (Å²) in [5, 5.41) is 4.19. The molecule has 4 aliphatic rings. The van der Waals surface area contributed by atoms with Gasteiger partial charge in [0.15, 0.2) is 5.82 Å². The van der Waals surface area contributed by atoms with E-state index >= 15 is 0 Å². The van der Waals surface area contributed by atoms with Crippen LogP contribution in [0.4, 0.5) is 10.5 Å². The number of rotatable bonds is 7. The van der Waals surface area contributed by atoms with Gasteiger partial charge in [-0.15, -0.1) is 0 Å². The zero-order valence-corrected chi connectivity index (χ0v) is 28.7. The molecule has 2 saturated heterocycles. The lowest BCUT2D eigenvalue weighted by molar-refractivity contribution is 0.0700. The van der Waals surface area contributed by atoms with E-state index in [9.17, 15) is 9.59 Å². The molecule has 9 rings (SSSR count). The highest BCUT2D eigenvalue weighted by Gasteiger charge is 2.47. The summed E-state index contributed by atoms with van der Waals surface area (Å²) in [6.45, 7) is 3.04. The number of nitrogens with two attached hydrogens (primary N) is 1. The number of aryl methyl sites for hydroxylation is 1. The van der Waals surface area contributed by atoms with E-state index in [2.05, 4.69) is 43.7 Å². The summed E-state index contributed by atoms with van der Waals surface area (Å²) in [5.74, 6) is 2.88. The number of urea groups is 1. The third-order valence-corrected chi connectivity index (χ3v) is 11.8. The molecule has 258 valence electrons. The summed E-state index contributed by atoms with van der Waals surface area (Å²) in [5.41, 5.74) is 13.1. The summed E-state index contributed by atoms with van der Waals surface area (Å²) >= 11 is 0. The molecule has 2 bridgehead atoms. The van der Waals surface area contributed by atoms with Gasteiger partial charge in [0, 0.05) is 62.5 Å². The van der Waals surface area contributed by atoms with E-state index in [1.165, 1.54) is 29.3 Å². The molecule has 0 spiro atoms. The molecule has 3 aromatic heterocycles. The zero-order chi connectivity index (χ0) is 34.1. The summed E-state index contributed by atoms with van der Waals surface area (Å²) in [6, 6.07) is 16.5. The molecule has 2 aromatic carbocycles. The normalized spacial score (nSPS) is 22.2. The number of ether oxygens (including phenoxy) is 1. The Morgan fingerprint density at radius 1 is 1.00 bits per heavy atom. The van der Waals surface area contributed by atoms with E-state index in [1.807, 2.05) is 41.1 Å². The van der Waals surface area contributed by atoms with Gasteiger partial charge in [-0.1, -0.05) is 18.2 Å². The van der Waals surface area contributed by atoms with Crippen molar-refractivity contribution in [2.45, 2.75) is 63.1 Å². The van der Waals surface area contributed by atoms with Crippen LogP contribution in [0.3, 0.4) is 0 Å². The molecule has 4 fully saturated rings. The minimum absolute atomic E-state index is 0.00754. The molecule has 11 nitrogen and oxygen atoms in total. The predicted molar refractivity (Wildman–Crippen MR) is 193 cm³/mol. The Balaban J connectivity index is 1.05. The van der Waals surface area contributed by atoms with Crippen LogP contribution < -0.4 is 15.8 Å². The number of likely N-dealkylation sites (tertiary alicyclic amines) is 2. The van der Waals surface area contributed by atoms with Gasteiger partial charge in [0.05, 0.1) is 35.7 Å². The minimum Gasteiger partial charge on any atom is -0.494 e. The maximum atomic E-state index is 13.8. The molecule has 5 aromatic rings. The van der Waals surface area contributed by atoms with Crippen molar-refractivity contribution in [1.29, 1.82) is 0 Å². The number of anilines is 1. The highest BCUT2D eigenvalue weighted by molar-refractivity contribution is 6.00. The van der Waals surface area contributed by atoms with Crippen molar-refractivity contribution >= 4 is 39.6 Å². The topological polar surface area (TPSA) is 124 Å². The van der Waals surface area contributed by atoms with Crippen molar-refractivity contribution in [3.8, 4) is 17.3 Å². The van der Waals surface area contributed by atoms with E-state index in [0.717, 1.165) is 61.3 Å². The second-order valence-electron chi connectivity index (χ2n) is 14.8. The first-order valence-corrected chi connectivity index (χ1v) is 18.1. The minimum atomic E-state index is -0.0765. The summed E-state index contributed by atoms with van der Waals surface area (Å²) < 4.78 is 10.5. The van der Waals surface area contributed by atoms with Gasteiger partial charge in [-0.05, 0) is 92.2 Å². The van der Waals surface area contributed by atoms with Crippen LogP contribution in [0, 0.1) is 11.8 Å². The van der Waals surface area contributed by atoms with Crippen LogP contribution in [-0.2, 0) is 13.6 Å². The number of hydrogen-bond donors (Lipinski definition) is 2. The molecule has 3 amide bonds. The van der Waals surface area contributed by atoms with Gasteiger partial charge >= 0.3 is 6.03 Å². The Morgan fingerprint density at radius 3 is 2.54 bits per heavy atom. The van der Waals surface area contributed by atoms with Crippen LogP contribution in [0.2, 0.25) is 0 Å². The van der Waals surface area contributed by atoms with Crippen LogP contribution in [-0.4, -0.2) is 79.7 Å². The van der Waals surface area contributed by atoms with Crippen LogP contribution >= 0.6 is 0 Å². The number of fused-ring (bicyclic) bond motifs is 4. The number of amides is 3. The maximum absolute atomic E-state index is 13.8. The molecular formula is C39H44N8O3. The summed E-state index contributed by atoms with van der Waals surface area (Å²) in [7, 11) is 3.70. The van der Waals surface area contributed by atoms with Gasteiger partial charge in [-0.2, -0.15) is 0 Å². The molecule has 0 unspecified atom stereocenters. The summed E-state index contributed by atoms with van der Waals surface area (Å²) in [6.07, 6.45) is 9.70. The van der Waals surface area contributed by atoms with E-state index in [4.69, 9.17) is 15.5 Å². The van der Waals surface area contributed by atoms with Crippen molar-refractivity contribution in [3.63, 3.8) is 0 Å². The van der Waals surface area contributed by atoms with Crippen LogP contribution in [0.15, 0.2) is 60.9 Å². The van der Waals surface area contributed by atoms with Crippen LogP contribution in [0.25, 0.3) is 33.5 Å². The van der Waals surface area contributed by atoms with Crippen molar-refractivity contribution in [1.82, 2.24) is 28.9 Å². The Bertz CT molecular complexity index is 2110. The maximum Gasteiger partial charge on any atom is 0.321 e. The molecule has 3 atom stereocenters. The molecule has 5 heterocycles. The molecule has 2 saturated carbocycles. The second-order valence-corrected chi connectivity index (χ2v) is 14.8. The van der Waals surface area contributed by atoms with Crippen LogP contribution in [0.1, 0.15) is 60.4 Å². The number of nitrogens with zero attached hydrogens (tertiary/aromatic N) is 6. The van der Waals surface area contributed by atoms with E-state index in [0.29, 0.717) is 47.8 Å². The number of hydrogen-bond acceptors (Lipinski definition) is 6. The Kier molecular flexibility index (Phi) is 7.56. The lowest BCUT2D eigenvalue weighted by atomic mass is 9.88. The lowest BCUT2D eigenvalue weighted by Gasteiger charge is -2.32. The number of methoxy groups -OCH3 is 1. The number of aromatic nitrogens is 4. The smallest absolute Gasteiger partial charge is 0.321 e. The van der Waals surface area contributed by atoms with Gasteiger partial charge in [-0.25, -0.2) is 9.78 Å². The van der Waals surface area contributed by atoms with Gasteiger partial charge in [0.1, 0.15) is 11.3 Å². The van der Waals surface area contributed by atoms with Crippen LogP contribution in [0.5, 0.6) is 5.75 Å². The van der Waals surface area contributed by atoms with Crippen molar-refractivity contribution < 1.29 is 14.3 Å². The van der Waals surface area contributed by atoms with E-state index in [-0.39, 0.29) is 24.0 Å². The first-order chi connectivity index (χ1) is 24.4. The Labute approximate surface area is 291 Å². The fourth-order valence-electron chi connectivity index (χ4n) is 8.92. The van der Waals surface area contributed by atoms with Gasteiger partial charge in [0.2, 0.25) is 0 Å². The third kappa shape index (κ3) is 5.21. The number of carbonyl (C=O) groups excluding carboxylic acids is 2. The summed E-state index contributed by atoms with van der Waals surface area (Å²) in [4.78, 5) is 40.1. The van der Waals surface area contributed by atoms with Gasteiger partial charge in [-0.3, -0.25) is 9.78 Å². The van der Waals surface area contributed by atoms with Crippen molar-refractivity contribution in [2.75, 3.05) is 32.1 Å². The third-order valence-electron chi connectivity index (χ3n) is 11.8. The average molecular weight is 673 g/mol. The number of benzene rings is 2. The number of pyridine rings is 1. The van der Waals surface area contributed by atoms with Crippen molar-refractivity contribution in [3.05, 3.63) is 72.1 Å². The number of piperidine rings is 2. The molecule has 2 aliphatic carbocycles. The fourth-order valence-corrected chi connectivity index (χ4v) is 8.92. The molecule has 3 N–H and O–H groups in total. The monoisotopic (exact) mass is 672 g/mol. The number of para-hydroxylation sites is 1. The first kappa shape index (κ1) is 31.1. The first-order valence-electron chi connectivity index (χ1n) is 18.1. The van der Waals surface area contributed by atoms with Gasteiger partial charge < -0.3 is 34.7 Å². The quantitative estimate of drug-likeness (QED) is 0.219. The van der Waals surface area contributed by atoms with E-state index in [1.54, 1.807) is 19.5 Å². The van der Waals surface area contributed by atoms with E-state index < -0.39 is 0 Å². The number of nitrogens with one attached hydrogen (secondary N) is 1. The lowest BCUT2D eigenvalue weighted by Crippen LogP contribution is -2.41. The second kappa shape index (κ2) is 12.2. The molecule has 2 aliphatic heterocycles. The average Bonchev–Trinajstić information content (AvgIpc) is 3.53. The highest BCUT2D eigenvalue weighted by atomic mass is 16.5. The number of imidazole rings is 1. The molecule has 11 heteroatoms. The number of carbonyl (C=O) groups is 2. The zero-order valence-electron chi connectivity index (χ0n) is 28.7. The molecule has 50 heavy (non-hydrogen) atoms. The highest BCUT2D eigenvalue weighted by Crippen LogP contribution is 2.42. The molecular weight excluding hydrogens is 628 g/mol.